The van der Waals surface area contributed by atoms with Crippen LogP contribution in [0.2, 0.25) is 0 Å². The summed E-state index contributed by atoms with van der Waals surface area (Å²) in [6.07, 6.45) is 1.33. The molecule has 0 aliphatic heterocycles. The van der Waals surface area contributed by atoms with E-state index >= 15 is 0 Å². The van der Waals surface area contributed by atoms with Gasteiger partial charge in [-0.3, -0.25) is 14.9 Å². The molecule has 1 heterocycles. The van der Waals surface area contributed by atoms with Gasteiger partial charge in [0.15, 0.2) is 0 Å². The Morgan fingerprint density at radius 1 is 1.45 bits per heavy atom. The molecule has 22 heavy (non-hydrogen) atoms. The number of benzene rings is 1. The standard InChI is InChI=1S/C15H11N3O3S/c1-10-4-2-3-5-13(10)17-15(19)12(8-16)6-11-7-14(18(20)21)22-9-11/h2-7,9H,1H3,(H,17,19)/b12-6+. The summed E-state index contributed by atoms with van der Waals surface area (Å²) < 4.78 is 0. The van der Waals surface area contributed by atoms with Gasteiger partial charge in [-0.2, -0.15) is 5.26 Å². The van der Waals surface area contributed by atoms with Crippen LogP contribution in [0.15, 0.2) is 41.3 Å². The minimum absolute atomic E-state index is 0.0390. The molecule has 1 aromatic carbocycles. The van der Waals surface area contributed by atoms with E-state index in [-0.39, 0.29) is 10.6 Å². The van der Waals surface area contributed by atoms with E-state index in [1.54, 1.807) is 12.1 Å². The Kier molecular flexibility index (Phi) is 4.66. The average molecular weight is 313 g/mol. The molecule has 0 atom stereocenters. The molecule has 0 aliphatic carbocycles. The maximum absolute atomic E-state index is 12.1. The Morgan fingerprint density at radius 2 is 2.18 bits per heavy atom. The molecule has 1 aromatic heterocycles. The summed E-state index contributed by atoms with van der Waals surface area (Å²) in [7, 11) is 0. The molecule has 1 N–H and O–H groups in total. The number of nitriles is 1. The molecule has 0 spiro atoms. The van der Waals surface area contributed by atoms with Crippen molar-refractivity contribution in [3.8, 4) is 6.07 Å². The molecule has 7 heteroatoms. The van der Waals surface area contributed by atoms with Gasteiger partial charge in [0.05, 0.1) is 4.92 Å². The maximum atomic E-state index is 12.1. The first-order valence-electron chi connectivity index (χ1n) is 6.23. The van der Waals surface area contributed by atoms with E-state index in [9.17, 15) is 14.9 Å². The van der Waals surface area contributed by atoms with Crippen LogP contribution in [0.4, 0.5) is 10.7 Å². The lowest BCUT2D eigenvalue weighted by atomic mass is 10.1. The van der Waals surface area contributed by atoms with Gasteiger partial charge in [-0.25, -0.2) is 0 Å². The Hall–Kier alpha value is -2.98. The van der Waals surface area contributed by atoms with Gasteiger partial charge in [-0.15, -0.1) is 0 Å². The van der Waals surface area contributed by atoms with Gasteiger partial charge < -0.3 is 5.32 Å². The molecule has 2 rings (SSSR count). The van der Waals surface area contributed by atoms with E-state index < -0.39 is 10.8 Å². The van der Waals surface area contributed by atoms with Crippen molar-refractivity contribution in [2.45, 2.75) is 6.92 Å². The number of hydrogen-bond acceptors (Lipinski definition) is 5. The molecule has 0 saturated heterocycles. The van der Waals surface area contributed by atoms with Crippen LogP contribution in [0.3, 0.4) is 0 Å². The smallest absolute Gasteiger partial charge is 0.321 e. The zero-order chi connectivity index (χ0) is 16.1. The SMILES string of the molecule is Cc1ccccc1NC(=O)/C(C#N)=C/c1csc([N+](=O)[O-])c1. The molecule has 0 fully saturated rings. The number of nitrogens with one attached hydrogen (secondary N) is 1. The highest BCUT2D eigenvalue weighted by molar-refractivity contribution is 7.13. The van der Waals surface area contributed by atoms with Crippen LogP contribution in [-0.4, -0.2) is 10.8 Å². The third-order valence-electron chi connectivity index (χ3n) is 2.86. The number of carbonyl (C=O) groups is 1. The van der Waals surface area contributed by atoms with Gasteiger partial charge in [0.2, 0.25) is 0 Å². The fourth-order valence-electron chi connectivity index (χ4n) is 1.73. The Bertz CT molecular complexity index is 802. The zero-order valence-corrected chi connectivity index (χ0v) is 12.4. The van der Waals surface area contributed by atoms with Gasteiger partial charge in [0.25, 0.3) is 5.91 Å². The summed E-state index contributed by atoms with van der Waals surface area (Å²) in [5.74, 6) is -0.550. The maximum Gasteiger partial charge on any atom is 0.324 e. The molecule has 0 aliphatic rings. The first kappa shape index (κ1) is 15.4. The highest BCUT2D eigenvalue weighted by Gasteiger charge is 2.13. The van der Waals surface area contributed by atoms with Gasteiger partial charge >= 0.3 is 5.00 Å². The number of aryl methyl sites for hydroxylation is 1. The summed E-state index contributed by atoms with van der Waals surface area (Å²) in [6.45, 7) is 1.84. The molecule has 0 radical (unpaired) electrons. The Morgan fingerprint density at radius 3 is 2.77 bits per heavy atom. The van der Waals surface area contributed by atoms with Gasteiger partial charge in [-0.05, 0) is 30.2 Å². The molecule has 0 bridgehead atoms. The van der Waals surface area contributed by atoms with Crippen molar-refractivity contribution < 1.29 is 9.72 Å². The van der Waals surface area contributed by atoms with Gasteiger partial charge in [0.1, 0.15) is 11.6 Å². The fourth-order valence-corrected chi connectivity index (χ4v) is 2.41. The number of nitrogens with zero attached hydrogens (tertiary/aromatic N) is 2. The molecular formula is C15H11N3O3S. The molecule has 2 aromatic rings. The average Bonchev–Trinajstić information content (AvgIpc) is 2.96. The van der Waals surface area contributed by atoms with Crippen molar-refractivity contribution in [2.24, 2.45) is 0 Å². The second-order valence-corrected chi connectivity index (χ2v) is 5.30. The van der Waals surface area contributed by atoms with Crippen molar-refractivity contribution in [1.29, 1.82) is 5.26 Å². The van der Waals surface area contributed by atoms with Crippen LogP contribution in [0.5, 0.6) is 0 Å². The van der Waals surface area contributed by atoms with E-state index in [1.807, 2.05) is 25.1 Å². The van der Waals surface area contributed by atoms with E-state index in [1.165, 1.54) is 17.5 Å². The van der Waals surface area contributed by atoms with Crippen molar-refractivity contribution in [3.63, 3.8) is 0 Å². The number of rotatable bonds is 4. The van der Waals surface area contributed by atoms with E-state index in [2.05, 4.69) is 5.32 Å². The second-order valence-electron chi connectivity index (χ2n) is 4.41. The zero-order valence-electron chi connectivity index (χ0n) is 11.6. The topological polar surface area (TPSA) is 96.0 Å². The highest BCUT2D eigenvalue weighted by atomic mass is 32.1. The lowest BCUT2D eigenvalue weighted by Gasteiger charge is -2.06. The predicted octanol–water partition coefficient (Wildman–Crippen LogP) is 3.51. The van der Waals surface area contributed by atoms with Crippen LogP contribution in [-0.2, 0) is 4.79 Å². The van der Waals surface area contributed by atoms with Crippen molar-refractivity contribution in [3.05, 3.63) is 62.5 Å². The number of anilines is 1. The third-order valence-corrected chi connectivity index (χ3v) is 3.75. The van der Waals surface area contributed by atoms with E-state index in [4.69, 9.17) is 5.26 Å². The third kappa shape index (κ3) is 3.56. The van der Waals surface area contributed by atoms with E-state index in [0.717, 1.165) is 16.9 Å². The van der Waals surface area contributed by atoms with Gasteiger partial charge in [-0.1, -0.05) is 29.5 Å². The van der Waals surface area contributed by atoms with Crippen LogP contribution in [0.1, 0.15) is 11.1 Å². The van der Waals surface area contributed by atoms with Crippen LogP contribution in [0, 0.1) is 28.4 Å². The first-order chi connectivity index (χ1) is 10.5. The Labute approximate surface area is 130 Å². The highest BCUT2D eigenvalue weighted by Crippen LogP contribution is 2.24. The lowest BCUT2D eigenvalue weighted by Crippen LogP contribution is -2.14. The number of amides is 1. The normalized spacial score (nSPS) is 10.8. The van der Waals surface area contributed by atoms with Crippen molar-refractivity contribution in [1.82, 2.24) is 0 Å². The van der Waals surface area contributed by atoms with Crippen LogP contribution >= 0.6 is 11.3 Å². The predicted molar refractivity (Wildman–Crippen MR) is 84.4 cm³/mol. The largest absolute Gasteiger partial charge is 0.324 e. The number of para-hydroxylation sites is 1. The van der Waals surface area contributed by atoms with Gasteiger partial charge in [0, 0.05) is 17.1 Å². The van der Waals surface area contributed by atoms with Crippen molar-refractivity contribution >= 4 is 34.0 Å². The Balaban J connectivity index is 2.22. The number of hydrogen-bond donors (Lipinski definition) is 1. The van der Waals surface area contributed by atoms with Crippen LogP contribution < -0.4 is 5.32 Å². The monoisotopic (exact) mass is 313 g/mol. The summed E-state index contributed by atoms with van der Waals surface area (Å²) in [4.78, 5) is 22.2. The summed E-state index contributed by atoms with van der Waals surface area (Å²) >= 11 is 0.943. The fraction of sp³-hybridized carbons (Fsp3) is 0.0667. The molecular weight excluding hydrogens is 302 g/mol. The van der Waals surface area contributed by atoms with E-state index in [0.29, 0.717) is 11.3 Å². The second kappa shape index (κ2) is 6.65. The minimum Gasteiger partial charge on any atom is -0.321 e. The number of nitro groups is 1. The molecule has 1 amide bonds. The quantitative estimate of drug-likeness (QED) is 0.404. The summed E-state index contributed by atoms with van der Waals surface area (Å²) in [6, 6.07) is 10.3. The molecule has 0 unspecified atom stereocenters. The molecule has 0 saturated carbocycles. The summed E-state index contributed by atoms with van der Waals surface area (Å²) in [5, 5.41) is 23.9. The first-order valence-corrected chi connectivity index (χ1v) is 7.11. The van der Waals surface area contributed by atoms with Crippen LogP contribution in [0.25, 0.3) is 6.08 Å². The summed E-state index contributed by atoms with van der Waals surface area (Å²) in [5.41, 5.74) is 1.83. The lowest BCUT2D eigenvalue weighted by molar-refractivity contribution is -0.380. The number of carbonyl (C=O) groups excluding carboxylic acids is 1. The number of thiophene rings is 1. The molecule has 110 valence electrons. The van der Waals surface area contributed by atoms with Crippen molar-refractivity contribution in [2.75, 3.05) is 5.32 Å². The molecule has 6 nitrogen and oxygen atoms in total. The minimum atomic E-state index is -0.550.